The minimum atomic E-state index is -1.11. The van der Waals surface area contributed by atoms with Crippen LogP contribution in [0.5, 0.6) is 0 Å². The van der Waals surface area contributed by atoms with E-state index in [2.05, 4.69) is 10.2 Å². The largest absolute Gasteiger partial charge is 0.478 e. The average molecular weight is 307 g/mol. The summed E-state index contributed by atoms with van der Waals surface area (Å²) in [6, 6.07) is 4.63. The maximum absolute atomic E-state index is 13.6. The van der Waals surface area contributed by atoms with Crippen LogP contribution in [-0.2, 0) is 17.6 Å². The molecule has 0 unspecified atom stereocenters. The molecule has 0 saturated carbocycles. The second-order valence-corrected chi connectivity index (χ2v) is 5.35. The molecule has 0 spiro atoms. The summed E-state index contributed by atoms with van der Waals surface area (Å²) >= 11 is 1.49. The lowest BCUT2D eigenvalue weighted by atomic mass is 10.1. The second-order valence-electron chi connectivity index (χ2n) is 4.40. The summed E-state index contributed by atoms with van der Waals surface area (Å²) in [6.45, 7) is 1.86. The Morgan fingerprint density at radius 3 is 2.86 bits per heavy atom. The number of aryl methyl sites for hydroxylation is 1. The van der Waals surface area contributed by atoms with Crippen LogP contribution < -0.4 is 0 Å². The molecule has 0 radical (unpaired) electrons. The summed E-state index contributed by atoms with van der Waals surface area (Å²) in [7, 11) is 1.88. The van der Waals surface area contributed by atoms with E-state index in [0.29, 0.717) is 5.75 Å². The SMILES string of the molecule is Cc1nnc(SCc2ccc(F)c(C=CC(=O)O)c2)n1C. The Hall–Kier alpha value is -2.15. The molecule has 0 aliphatic heterocycles. The Kier molecular flexibility index (Phi) is 4.74. The quantitative estimate of drug-likeness (QED) is 0.679. The lowest BCUT2D eigenvalue weighted by molar-refractivity contribution is -0.131. The summed E-state index contributed by atoms with van der Waals surface area (Å²) < 4.78 is 15.4. The topological polar surface area (TPSA) is 68.0 Å². The highest BCUT2D eigenvalue weighted by atomic mass is 32.2. The highest BCUT2D eigenvalue weighted by Crippen LogP contribution is 2.22. The highest BCUT2D eigenvalue weighted by Gasteiger charge is 2.07. The van der Waals surface area contributed by atoms with E-state index in [1.165, 1.54) is 23.9 Å². The normalized spacial score (nSPS) is 11.2. The van der Waals surface area contributed by atoms with Crippen molar-refractivity contribution in [2.75, 3.05) is 0 Å². The number of halogens is 1. The predicted molar refractivity (Wildman–Crippen MR) is 78.4 cm³/mol. The number of rotatable bonds is 5. The molecule has 0 saturated heterocycles. The fourth-order valence-corrected chi connectivity index (χ4v) is 2.53. The molecule has 0 bridgehead atoms. The van der Waals surface area contributed by atoms with Gasteiger partial charge in [0.2, 0.25) is 0 Å². The first-order valence-electron chi connectivity index (χ1n) is 6.15. The zero-order chi connectivity index (χ0) is 15.4. The minimum absolute atomic E-state index is 0.254. The van der Waals surface area contributed by atoms with Crippen molar-refractivity contribution >= 4 is 23.8 Å². The molecule has 21 heavy (non-hydrogen) atoms. The van der Waals surface area contributed by atoms with Gasteiger partial charge in [0.15, 0.2) is 5.16 Å². The zero-order valence-electron chi connectivity index (χ0n) is 11.6. The molecule has 1 N–H and O–H groups in total. The molecule has 7 heteroatoms. The standard InChI is InChI=1S/C14H14FN3O2S/c1-9-16-17-14(18(9)2)21-8-10-3-5-12(15)11(7-10)4-6-13(19)20/h3-7H,8H2,1-2H3,(H,19,20). The lowest BCUT2D eigenvalue weighted by Crippen LogP contribution is -1.94. The van der Waals surface area contributed by atoms with E-state index in [9.17, 15) is 9.18 Å². The van der Waals surface area contributed by atoms with Crippen LogP contribution in [0.25, 0.3) is 6.08 Å². The van der Waals surface area contributed by atoms with E-state index in [-0.39, 0.29) is 5.56 Å². The van der Waals surface area contributed by atoms with E-state index in [1.807, 2.05) is 18.5 Å². The van der Waals surface area contributed by atoms with E-state index in [1.54, 1.807) is 12.1 Å². The molecule has 5 nitrogen and oxygen atoms in total. The highest BCUT2D eigenvalue weighted by molar-refractivity contribution is 7.98. The van der Waals surface area contributed by atoms with Crippen LogP contribution in [0.15, 0.2) is 29.4 Å². The Bertz CT molecular complexity index is 698. The van der Waals surface area contributed by atoms with Crippen molar-refractivity contribution in [2.24, 2.45) is 7.05 Å². The lowest BCUT2D eigenvalue weighted by Gasteiger charge is -2.04. The first-order chi connectivity index (χ1) is 9.97. The number of carboxylic acids is 1. The molecule has 0 aliphatic carbocycles. The Labute approximate surface area is 125 Å². The Morgan fingerprint density at radius 2 is 2.24 bits per heavy atom. The number of carbonyl (C=O) groups is 1. The van der Waals surface area contributed by atoms with E-state index >= 15 is 0 Å². The number of benzene rings is 1. The molecule has 0 amide bonds. The van der Waals surface area contributed by atoms with Gasteiger partial charge in [0, 0.05) is 24.4 Å². The van der Waals surface area contributed by atoms with Gasteiger partial charge in [0.05, 0.1) is 0 Å². The van der Waals surface area contributed by atoms with Gasteiger partial charge >= 0.3 is 5.97 Å². The van der Waals surface area contributed by atoms with Crippen molar-refractivity contribution in [3.05, 3.63) is 47.0 Å². The van der Waals surface area contributed by atoms with Crippen molar-refractivity contribution < 1.29 is 14.3 Å². The first-order valence-corrected chi connectivity index (χ1v) is 7.14. The number of hydrogen-bond donors (Lipinski definition) is 1. The van der Waals surface area contributed by atoms with E-state index < -0.39 is 11.8 Å². The number of nitrogens with zero attached hydrogens (tertiary/aromatic N) is 3. The molecular formula is C14H14FN3O2S. The average Bonchev–Trinajstić information content (AvgIpc) is 2.76. The second kappa shape index (κ2) is 6.53. The van der Waals surface area contributed by atoms with Gasteiger partial charge in [-0.05, 0) is 30.7 Å². The molecule has 2 rings (SSSR count). The van der Waals surface area contributed by atoms with Gasteiger partial charge < -0.3 is 9.67 Å². The molecule has 0 aliphatic rings. The molecular weight excluding hydrogens is 293 g/mol. The summed E-state index contributed by atoms with van der Waals surface area (Å²) in [4.78, 5) is 10.5. The summed E-state index contributed by atoms with van der Waals surface area (Å²) in [5.41, 5.74) is 1.14. The van der Waals surface area contributed by atoms with Crippen LogP contribution in [0.2, 0.25) is 0 Å². The molecule has 110 valence electrons. The van der Waals surface area contributed by atoms with Crippen molar-refractivity contribution in [2.45, 2.75) is 17.8 Å². The molecule has 1 heterocycles. The van der Waals surface area contributed by atoms with Crippen LogP contribution in [0.4, 0.5) is 4.39 Å². The number of thioether (sulfide) groups is 1. The fraction of sp³-hybridized carbons (Fsp3) is 0.214. The predicted octanol–water partition coefficient (Wildman–Crippen LogP) is 2.65. The van der Waals surface area contributed by atoms with Crippen LogP contribution >= 0.6 is 11.8 Å². The first kappa shape index (κ1) is 15.2. The summed E-state index contributed by atoms with van der Waals surface area (Å²) in [5, 5.41) is 17.4. The summed E-state index contributed by atoms with van der Waals surface area (Å²) in [6.07, 6.45) is 2.17. The number of aliphatic carboxylic acids is 1. The van der Waals surface area contributed by atoms with Crippen LogP contribution in [0.1, 0.15) is 17.0 Å². The van der Waals surface area contributed by atoms with Gasteiger partial charge in [-0.15, -0.1) is 10.2 Å². The van der Waals surface area contributed by atoms with Crippen LogP contribution in [-0.4, -0.2) is 25.8 Å². The van der Waals surface area contributed by atoms with E-state index in [0.717, 1.165) is 22.6 Å². The van der Waals surface area contributed by atoms with Gasteiger partial charge in [-0.3, -0.25) is 0 Å². The van der Waals surface area contributed by atoms with Gasteiger partial charge in [0.25, 0.3) is 0 Å². The van der Waals surface area contributed by atoms with E-state index in [4.69, 9.17) is 5.11 Å². The van der Waals surface area contributed by atoms with Crippen molar-refractivity contribution in [3.63, 3.8) is 0 Å². The molecule has 0 fully saturated rings. The van der Waals surface area contributed by atoms with Crippen molar-refractivity contribution in [3.8, 4) is 0 Å². The number of carboxylic acid groups (broad SMARTS) is 1. The smallest absolute Gasteiger partial charge is 0.328 e. The molecule has 1 aromatic heterocycles. The maximum Gasteiger partial charge on any atom is 0.328 e. The van der Waals surface area contributed by atoms with Gasteiger partial charge in [0.1, 0.15) is 11.6 Å². The third-order valence-corrected chi connectivity index (χ3v) is 3.98. The summed E-state index contributed by atoms with van der Waals surface area (Å²) in [5.74, 6) is -0.138. The van der Waals surface area contributed by atoms with Gasteiger partial charge in [-0.2, -0.15) is 0 Å². The minimum Gasteiger partial charge on any atom is -0.478 e. The van der Waals surface area contributed by atoms with Crippen molar-refractivity contribution in [1.29, 1.82) is 0 Å². The van der Waals surface area contributed by atoms with Crippen LogP contribution in [0, 0.1) is 12.7 Å². The molecule has 2 aromatic rings. The Morgan fingerprint density at radius 1 is 1.48 bits per heavy atom. The Balaban J connectivity index is 2.12. The molecule has 0 atom stereocenters. The fourth-order valence-electron chi connectivity index (χ4n) is 1.63. The monoisotopic (exact) mass is 307 g/mol. The number of hydrogen-bond acceptors (Lipinski definition) is 4. The zero-order valence-corrected chi connectivity index (χ0v) is 12.4. The third kappa shape index (κ3) is 3.91. The third-order valence-electron chi connectivity index (χ3n) is 2.89. The van der Waals surface area contributed by atoms with Gasteiger partial charge in [-0.1, -0.05) is 17.8 Å². The van der Waals surface area contributed by atoms with Crippen molar-refractivity contribution in [1.82, 2.24) is 14.8 Å². The van der Waals surface area contributed by atoms with Crippen LogP contribution in [0.3, 0.4) is 0 Å². The number of aromatic nitrogens is 3. The molecule has 1 aromatic carbocycles. The van der Waals surface area contributed by atoms with Gasteiger partial charge in [-0.25, -0.2) is 9.18 Å². The maximum atomic E-state index is 13.6.